The van der Waals surface area contributed by atoms with Crippen molar-refractivity contribution in [1.29, 1.82) is 0 Å². The van der Waals surface area contributed by atoms with Crippen LogP contribution in [-0.2, 0) is 21.2 Å². The number of rotatable bonds is 8. The number of nitrogens with zero attached hydrogens (tertiary/aromatic N) is 2. The van der Waals surface area contributed by atoms with Crippen molar-refractivity contribution in [2.24, 2.45) is 0 Å². The Labute approximate surface area is 225 Å². The minimum absolute atomic E-state index is 0.0171. The number of methoxy groups -OCH3 is 1. The van der Waals surface area contributed by atoms with Crippen LogP contribution in [-0.4, -0.2) is 51.3 Å². The highest BCUT2D eigenvalue weighted by atomic mass is 35.5. The zero-order chi connectivity index (χ0) is 26.7. The van der Waals surface area contributed by atoms with Crippen molar-refractivity contribution < 1.29 is 22.7 Å². The molecular formula is C26H25Cl2N3O5S. The zero-order valence-corrected chi connectivity index (χ0v) is 22.5. The fraction of sp³-hybridized carbons (Fsp3) is 0.231. The summed E-state index contributed by atoms with van der Waals surface area (Å²) in [6.45, 7) is 1.77. The van der Waals surface area contributed by atoms with E-state index in [4.69, 9.17) is 27.9 Å². The summed E-state index contributed by atoms with van der Waals surface area (Å²) in [5, 5.41) is 2.98. The van der Waals surface area contributed by atoms with E-state index < -0.39 is 22.5 Å². The maximum atomic E-state index is 13.1. The van der Waals surface area contributed by atoms with Gasteiger partial charge < -0.3 is 15.0 Å². The molecule has 11 heteroatoms. The molecule has 0 atom stereocenters. The third-order valence-electron chi connectivity index (χ3n) is 6.03. The highest BCUT2D eigenvalue weighted by Gasteiger charge is 2.29. The summed E-state index contributed by atoms with van der Waals surface area (Å²) in [4.78, 5) is 27.5. The minimum atomic E-state index is -4.06. The number of hydrogen-bond donors (Lipinski definition) is 1. The average molecular weight is 562 g/mol. The smallest absolute Gasteiger partial charge is 0.258 e. The number of halogens is 2. The fourth-order valence-electron chi connectivity index (χ4n) is 4.10. The second kappa shape index (κ2) is 11.1. The van der Waals surface area contributed by atoms with E-state index in [1.807, 2.05) is 6.07 Å². The van der Waals surface area contributed by atoms with Crippen molar-refractivity contribution in [3.63, 3.8) is 0 Å². The summed E-state index contributed by atoms with van der Waals surface area (Å²) >= 11 is 12.1. The van der Waals surface area contributed by atoms with E-state index in [-0.39, 0.29) is 27.4 Å². The largest absolute Gasteiger partial charge is 0.497 e. The van der Waals surface area contributed by atoms with Crippen molar-refractivity contribution in [2.45, 2.75) is 18.2 Å². The molecule has 0 aliphatic carbocycles. The molecule has 3 aromatic rings. The van der Waals surface area contributed by atoms with Gasteiger partial charge in [0.05, 0.1) is 18.7 Å². The molecule has 37 heavy (non-hydrogen) atoms. The zero-order valence-electron chi connectivity index (χ0n) is 20.2. The first-order chi connectivity index (χ1) is 17.6. The molecule has 8 nitrogen and oxygen atoms in total. The number of nitrogens with one attached hydrogen (secondary N) is 1. The topological polar surface area (TPSA) is 96.0 Å². The molecule has 0 aromatic heterocycles. The number of sulfonamides is 1. The molecule has 0 spiro atoms. The SMILES string of the molecule is CCN(CC(=O)Nc1ccc2c(c1)N(C(=O)c1ccc(OC)cc1)CC2)S(=O)(=O)c1cc(Cl)ccc1Cl. The van der Waals surface area contributed by atoms with Crippen molar-refractivity contribution in [1.82, 2.24) is 4.31 Å². The van der Waals surface area contributed by atoms with Crippen molar-refractivity contribution >= 4 is 56.4 Å². The van der Waals surface area contributed by atoms with Crippen LogP contribution in [0.15, 0.2) is 65.6 Å². The van der Waals surface area contributed by atoms with Crippen molar-refractivity contribution in [3.8, 4) is 5.75 Å². The summed E-state index contributed by atoms with van der Waals surface area (Å²) < 4.78 is 32.4. The summed E-state index contributed by atoms with van der Waals surface area (Å²) in [6.07, 6.45) is 0.688. The highest BCUT2D eigenvalue weighted by molar-refractivity contribution is 7.89. The average Bonchev–Trinajstić information content (AvgIpc) is 3.31. The van der Waals surface area contributed by atoms with Crippen LogP contribution in [0.5, 0.6) is 5.75 Å². The first-order valence-corrected chi connectivity index (χ1v) is 13.7. The van der Waals surface area contributed by atoms with Crippen LogP contribution in [0.4, 0.5) is 11.4 Å². The third kappa shape index (κ3) is 5.75. The standard InChI is InChI=1S/C26H25Cl2N3O5S/c1-3-30(37(34,35)24-14-19(27)7-11-22(24)28)16-25(32)29-20-8-4-17-12-13-31(23(17)15-20)26(33)18-5-9-21(36-2)10-6-18/h4-11,14-15H,3,12-13,16H2,1-2H3,(H,29,32). The van der Waals surface area contributed by atoms with Gasteiger partial charge in [-0.05, 0) is 66.6 Å². The molecule has 0 bridgehead atoms. The number of fused-ring (bicyclic) bond motifs is 1. The van der Waals surface area contributed by atoms with Crippen LogP contribution in [0.1, 0.15) is 22.8 Å². The van der Waals surface area contributed by atoms with Gasteiger partial charge in [-0.1, -0.05) is 36.2 Å². The van der Waals surface area contributed by atoms with Crippen LogP contribution in [0.2, 0.25) is 10.0 Å². The Morgan fingerprint density at radius 2 is 1.78 bits per heavy atom. The van der Waals surface area contributed by atoms with E-state index in [1.54, 1.807) is 55.3 Å². The monoisotopic (exact) mass is 561 g/mol. The predicted molar refractivity (Wildman–Crippen MR) is 144 cm³/mol. The summed E-state index contributed by atoms with van der Waals surface area (Å²) in [6, 6.07) is 16.3. The molecule has 2 amide bonds. The Hall–Kier alpha value is -3.11. The number of carbonyl (C=O) groups excluding carboxylic acids is 2. The van der Waals surface area contributed by atoms with Gasteiger partial charge in [0, 0.05) is 35.1 Å². The second-order valence-electron chi connectivity index (χ2n) is 8.33. The Morgan fingerprint density at radius 3 is 2.46 bits per heavy atom. The van der Waals surface area contributed by atoms with Gasteiger partial charge in [-0.2, -0.15) is 4.31 Å². The first-order valence-electron chi connectivity index (χ1n) is 11.5. The van der Waals surface area contributed by atoms with Crippen LogP contribution in [0.25, 0.3) is 0 Å². The Bertz CT molecular complexity index is 1450. The molecule has 4 rings (SSSR count). The number of carbonyl (C=O) groups is 2. The van der Waals surface area contributed by atoms with E-state index >= 15 is 0 Å². The minimum Gasteiger partial charge on any atom is -0.497 e. The highest BCUT2D eigenvalue weighted by Crippen LogP contribution is 2.33. The van der Waals surface area contributed by atoms with Gasteiger partial charge >= 0.3 is 0 Å². The fourth-order valence-corrected chi connectivity index (χ4v) is 6.24. The van der Waals surface area contributed by atoms with Gasteiger partial charge in [-0.25, -0.2) is 8.42 Å². The Kier molecular flexibility index (Phi) is 8.08. The van der Waals surface area contributed by atoms with E-state index in [9.17, 15) is 18.0 Å². The quantitative estimate of drug-likeness (QED) is 0.424. The first kappa shape index (κ1) is 26.9. The summed E-state index contributed by atoms with van der Waals surface area (Å²) in [7, 11) is -2.50. The van der Waals surface area contributed by atoms with Gasteiger partial charge in [-0.3, -0.25) is 9.59 Å². The van der Waals surface area contributed by atoms with Gasteiger partial charge in [0.2, 0.25) is 15.9 Å². The normalized spacial score (nSPS) is 12.9. The third-order valence-corrected chi connectivity index (χ3v) is 8.67. The maximum Gasteiger partial charge on any atom is 0.258 e. The molecule has 0 saturated carbocycles. The lowest BCUT2D eigenvalue weighted by molar-refractivity contribution is -0.116. The molecule has 0 radical (unpaired) electrons. The van der Waals surface area contributed by atoms with Crippen LogP contribution in [0.3, 0.4) is 0 Å². The maximum absolute atomic E-state index is 13.1. The van der Waals surface area contributed by atoms with Crippen LogP contribution in [0, 0.1) is 0 Å². The van der Waals surface area contributed by atoms with E-state index in [2.05, 4.69) is 5.32 Å². The number of benzene rings is 3. The number of anilines is 2. The lowest BCUT2D eigenvalue weighted by atomic mass is 10.1. The Balaban J connectivity index is 1.50. The van der Waals surface area contributed by atoms with Gasteiger partial charge in [0.15, 0.2) is 0 Å². The number of amides is 2. The van der Waals surface area contributed by atoms with Crippen LogP contribution < -0.4 is 15.0 Å². The van der Waals surface area contributed by atoms with Crippen molar-refractivity contribution in [3.05, 3.63) is 81.8 Å². The van der Waals surface area contributed by atoms with E-state index in [0.29, 0.717) is 35.7 Å². The lowest BCUT2D eigenvalue weighted by Crippen LogP contribution is -2.38. The molecule has 1 aliphatic heterocycles. The molecule has 1 aliphatic rings. The lowest BCUT2D eigenvalue weighted by Gasteiger charge is -2.21. The number of likely N-dealkylation sites (N-methyl/N-ethyl adjacent to an activating group) is 1. The van der Waals surface area contributed by atoms with E-state index in [1.165, 1.54) is 18.2 Å². The number of ether oxygens (including phenoxy) is 1. The number of hydrogen-bond acceptors (Lipinski definition) is 5. The van der Waals surface area contributed by atoms with Gasteiger partial charge in [0.25, 0.3) is 5.91 Å². The molecule has 194 valence electrons. The second-order valence-corrected chi connectivity index (χ2v) is 11.1. The van der Waals surface area contributed by atoms with E-state index in [0.717, 1.165) is 9.87 Å². The molecule has 0 saturated heterocycles. The van der Waals surface area contributed by atoms with Crippen LogP contribution >= 0.6 is 23.2 Å². The molecule has 3 aromatic carbocycles. The Morgan fingerprint density at radius 1 is 1.05 bits per heavy atom. The molecule has 1 heterocycles. The summed E-state index contributed by atoms with van der Waals surface area (Å²) in [5.41, 5.74) is 2.65. The molecule has 1 N–H and O–H groups in total. The van der Waals surface area contributed by atoms with Gasteiger partial charge in [-0.15, -0.1) is 0 Å². The summed E-state index contributed by atoms with van der Waals surface area (Å²) in [5.74, 6) is -0.0368. The molecule has 0 fully saturated rings. The molecule has 0 unspecified atom stereocenters. The molecular weight excluding hydrogens is 537 g/mol. The van der Waals surface area contributed by atoms with Crippen molar-refractivity contribution in [2.75, 3.05) is 37.0 Å². The predicted octanol–water partition coefficient (Wildman–Crippen LogP) is 4.85. The van der Waals surface area contributed by atoms with Gasteiger partial charge in [0.1, 0.15) is 10.6 Å².